The molecular weight excluding hydrogens is 423 g/mol. The molecule has 27 heavy (non-hydrogen) atoms. The van der Waals surface area contributed by atoms with Crippen molar-refractivity contribution >= 4 is 21.7 Å². The zero-order chi connectivity index (χ0) is 18.6. The number of nitrogens with zero attached hydrogens (tertiary/aromatic N) is 4. The molecule has 140 valence electrons. The highest BCUT2D eigenvalue weighted by molar-refractivity contribution is 9.10. The Morgan fingerprint density at radius 2 is 2.11 bits per heavy atom. The molecule has 11 heteroatoms. The SMILES string of the molecule is O=c1onc(-c2nonc2NC2CC3(CNC3)C2)n1-c1ccc(F)c(Br)c1. The largest absolute Gasteiger partial charge is 0.446 e. The van der Waals surface area contributed by atoms with E-state index in [-0.39, 0.29) is 22.0 Å². The molecule has 2 aromatic heterocycles. The van der Waals surface area contributed by atoms with Crippen LogP contribution in [-0.4, -0.2) is 39.2 Å². The van der Waals surface area contributed by atoms with Gasteiger partial charge in [0.25, 0.3) is 0 Å². The minimum absolute atomic E-state index is 0.126. The van der Waals surface area contributed by atoms with E-state index in [1.807, 2.05) is 0 Å². The molecule has 1 spiro atoms. The summed E-state index contributed by atoms with van der Waals surface area (Å²) in [5, 5.41) is 18.2. The third-order valence-electron chi connectivity index (χ3n) is 5.17. The summed E-state index contributed by atoms with van der Waals surface area (Å²) in [6.45, 7) is 2.08. The minimum atomic E-state index is -0.722. The van der Waals surface area contributed by atoms with E-state index in [1.165, 1.54) is 22.8 Å². The molecular formula is C16H14BrFN6O3. The number of halogens is 2. The molecule has 3 aromatic rings. The highest BCUT2D eigenvalue weighted by atomic mass is 79.9. The van der Waals surface area contributed by atoms with Gasteiger partial charge in [-0.3, -0.25) is 4.52 Å². The summed E-state index contributed by atoms with van der Waals surface area (Å²) >= 11 is 3.11. The Labute approximate surface area is 160 Å². The first-order valence-corrected chi connectivity index (χ1v) is 9.18. The molecule has 1 aromatic carbocycles. The van der Waals surface area contributed by atoms with Crippen molar-refractivity contribution in [3.8, 4) is 17.2 Å². The second-order valence-electron chi connectivity index (χ2n) is 7.02. The van der Waals surface area contributed by atoms with Crippen LogP contribution < -0.4 is 16.4 Å². The lowest BCUT2D eigenvalue weighted by atomic mass is 9.62. The number of aromatic nitrogens is 4. The lowest BCUT2D eigenvalue weighted by Gasteiger charge is -2.54. The van der Waals surface area contributed by atoms with Gasteiger partial charge in [0.2, 0.25) is 11.6 Å². The van der Waals surface area contributed by atoms with E-state index in [1.54, 1.807) is 0 Å². The summed E-state index contributed by atoms with van der Waals surface area (Å²) in [6.07, 6.45) is 2.06. The van der Waals surface area contributed by atoms with E-state index >= 15 is 0 Å². The van der Waals surface area contributed by atoms with Crippen molar-refractivity contribution < 1.29 is 13.5 Å². The van der Waals surface area contributed by atoms with E-state index in [9.17, 15) is 9.18 Å². The van der Waals surface area contributed by atoms with Crippen molar-refractivity contribution in [3.05, 3.63) is 39.0 Å². The fraction of sp³-hybridized carbons (Fsp3) is 0.375. The molecule has 3 heterocycles. The maximum absolute atomic E-state index is 13.5. The van der Waals surface area contributed by atoms with Crippen molar-refractivity contribution in [2.45, 2.75) is 18.9 Å². The summed E-state index contributed by atoms with van der Waals surface area (Å²) < 4.78 is 24.6. The molecule has 2 fully saturated rings. The fourth-order valence-electron chi connectivity index (χ4n) is 3.73. The monoisotopic (exact) mass is 436 g/mol. The summed E-state index contributed by atoms with van der Waals surface area (Å²) in [5.41, 5.74) is 1.03. The van der Waals surface area contributed by atoms with Crippen LogP contribution >= 0.6 is 15.9 Å². The lowest BCUT2D eigenvalue weighted by molar-refractivity contribution is 0.0468. The van der Waals surface area contributed by atoms with Gasteiger partial charge in [0.15, 0.2) is 5.69 Å². The van der Waals surface area contributed by atoms with Crippen LogP contribution in [0.25, 0.3) is 17.2 Å². The molecule has 0 unspecified atom stereocenters. The van der Waals surface area contributed by atoms with Gasteiger partial charge >= 0.3 is 5.76 Å². The molecule has 0 atom stereocenters. The number of nitrogens with one attached hydrogen (secondary N) is 2. The van der Waals surface area contributed by atoms with Crippen LogP contribution in [0.5, 0.6) is 0 Å². The van der Waals surface area contributed by atoms with Crippen molar-refractivity contribution in [2.24, 2.45) is 5.41 Å². The maximum atomic E-state index is 13.5. The van der Waals surface area contributed by atoms with Gasteiger partial charge in [-0.25, -0.2) is 18.4 Å². The number of anilines is 1. The zero-order valence-corrected chi connectivity index (χ0v) is 15.5. The number of hydrogen-bond donors (Lipinski definition) is 2. The first-order valence-electron chi connectivity index (χ1n) is 8.39. The van der Waals surface area contributed by atoms with Gasteiger partial charge in [0.05, 0.1) is 10.2 Å². The van der Waals surface area contributed by atoms with Crippen molar-refractivity contribution in [3.63, 3.8) is 0 Å². The van der Waals surface area contributed by atoms with Gasteiger partial charge in [-0.05, 0) is 62.7 Å². The summed E-state index contributed by atoms with van der Waals surface area (Å²) in [4.78, 5) is 12.2. The zero-order valence-electron chi connectivity index (χ0n) is 13.9. The molecule has 0 radical (unpaired) electrons. The van der Waals surface area contributed by atoms with Crippen LogP contribution in [0.3, 0.4) is 0 Å². The van der Waals surface area contributed by atoms with E-state index in [2.05, 4.69) is 42.0 Å². The highest BCUT2D eigenvalue weighted by Gasteiger charge is 2.48. The number of rotatable bonds is 4. The third-order valence-corrected chi connectivity index (χ3v) is 5.77. The first kappa shape index (κ1) is 16.6. The highest BCUT2D eigenvalue weighted by Crippen LogP contribution is 2.45. The number of benzene rings is 1. The summed E-state index contributed by atoms with van der Waals surface area (Å²) in [5.74, 6) is -0.646. The third kappa shape index (κ3) is 2.69. The van der Waals surface area contributed by atoms with Gasteiger partial charge in [0, 0.05) is 19.1 Å². The predicted octanol–water partition coefficient (Wildman–Crippen LogP) is 1.94. The first-order chi connectivity index (χ1) is 13.0. The fourth-order valence-corrected chi connectivity index (χ4v) is 4.10. The van der Waals surface area contributed by atoms with Gasteiger partial charge in [-0.15, -0.1) is 0 Å². The second kappa shape index (κ2) is 5.99. The quantitative estimate of drug-likeness (QED) is 0.637. The van der Waals surface area contributed by atoms with Gasteiger partial charge < -0.3 is 10.6 Å². The van der Waals surface area contributed by atoms with Crippen LogP contribution in [0.2, 0.25) is 0 Å². The predicted molar refractivity (Wildman–Crippen MR) is 95.0 cm³/mol. The van der Waals surface area contributed by atoms with Crippen LogP contribution in [0.1, 0.15) is 12.8 Å². The van der Waals surface area contributed by atoms with Crippen LogP contribution in [-0.2, 0) is 0 Å². The normalized spacial score (nSPS) is 18.3. The molecule has 2 N–H and O–H groups in total. The van der Waals surface area contributed by atoms with Crippen molar-refractivity contribution in [1.82, 2.24) is 25.4 Å². The standard InChI is InChI=1S/C16H14BrFN6O3/c17-10-3-9(1-2-11(10)18)24-14(23-26-15(24)25)12-13(22-27-21-12)20-8-4-16(5-8)6-19-7-16/h1-3,8,19H,4-7H2,(H,20,22). The maximum Gasteiger partial charge on any atom is 0.446 e. The smallest absolute Gasteiger partial charge is 0.362 e. The van der Waals surface area contributed by atoms with Crippen molar-refractivity contribution in [2.75, 3.05) is 18.4 Å². The van der Waals surface area contributed by atoms with Crippen molar-refractivity contribution in [1.29, 1.82) is 0 Å². The van der Waals surface area contributed by atoms with Gasteiger partial charge in [0.1, 0.15) is 5.82 Å². The second-order valence-corrected chi connectivity index (χ2v) is 7.87. The molecule has 0 bridgehead atoms. The van der Waals surface area contributed by atoms with Crippen LogP contribution in [0.15, 0.2) is 36.6 Å². The Morgan fingerprint density at radius 3 is 2.81 bits per heavy atom. The van der Waals surface area contributed by atoms with E-state index in [4.69, 9.17) is 9.15 Å². The molecule has 1 saturated heterocycles. The Morgan fingerprint density at radius 1 is 1.30 bits per heavy atom. The Bertz CT molecular complexity index is 1060. The van der Waals surface area contributed by atoms with E-state index in [0.29, 0.717) is 16.9 Å². The molecule has 2 aliphatic rings. The van der Waals surface area contributed by atoms with E-state index in [0.717, 1.165) is 25.9 Å². The van der Waals surface area contributed by atoms with Gasteiger partial charge in [-0.2, -0.15) is 0 Å². The average Bonchev–Trinajstić information content (AvgIpc) is 3.17. The molecule has 5 rings (SSSR count). The topological polar surface area (TPSA) is 111 Å². The Hall–Kier alpha value is -2.53. The van der Waals surface area contributed by atoms with E-state index < -0.39 is 11.6 Å². The minimum Gasteiger partial charge on any atom is -0.362 e. The lowest BCUT2D eigenvalue weighted by Crippen LogP contribution is -2.63. The number of hydrogen-bond acceptors (Lipinski definition) is 8. The average molecular weight is 437 g/mol. The Kier molecular flexibility index (Phi) is 3.69. The molecule has 9 nitrogen and oxygen atoms in total. The summed E-state index contributed by atoms with van der Waals surface area (Å²) in [6, 6.07) is 4.40. The summed E-state index contributed by atoms with van der Waals surface area (Å²) in [7, 11) is 0. The molecule has 1 aliphatic carbocycles. The van der Waals surface area contributed by atoms with Crippen LogP contribution in [0.4, 0.5) is 10.2 Å². The van der Waals surface area contributed by atoms with Crippen LogP contribution in [0, 0.1) is 11.2 Å². The Balaban J connectivity index is 1.47. The molecule has 1 aliphatic heterocycles. The molecule has 0 amide bonds. The molecule has 1 saturated carbocycles. The van der Waals surface area contributed by atoms with Gasteiger partial charge in [-0.1, -0.05) is 5.16 Å².